The molecule has 4 rings (SSSR count). The molecule has 0 saturated heterocycles. The van der Waals surface area contributed by atoms with E-state index in [4.69, 9.17) is 9.15 Å². The van der Waals surface area contributed by atoms with E-state index in [-0.39, 0.29) is 21.7 Å². The van der Waals surface area contributed by atoms with Gasteiger partial charge in [0.1, 0.15) is 17.4 Å². The first-order valence-corrected chi connectivity index (χ1v) is 10.5. The van der Waals surface area contributed by atoms with E-state index >= 15 is 0 Å². The lowest BCUT2D eigenvalue weighted by atomic mass is 10.2. The third-order valence-corrected chi connectivity index (χ3v) is 6.09. The van der Waals surface area contributed by atoms with Crippen molar-refractivity contribution in [3.8, 4) is 17.2 Å². The minimum Gasteiger partial charge on any atom is -0.497 e. The highest BCUT2D eigenvalue weighted by atomic mass is 32.2. The second-order valence-electron chi connectivity index (χ2n) is 6.47. The van der Waals surface area contributed by atoms with Crippen molar-refractivity contribution in [2.75, 3.05) is 12.4 Å². The summed E-state index contributed by atoms with van der Waals surface area (Å²) in [4.78, 5) is 4.00. The Bertz CT molecular complexity index is 1300. The third-order valence-electron chi connectivity index (χ3n) is 4.41. The Morgan fingerprint density at radius 2 is 1.45 bits per heavy atom. The number of aromatic nitrogens is 1. The molecule has 9 heteroatoms. The molecule has 1 N–H and O–H groups in total. The van der Waals surface area contributed by atoms with Gasteiger partial charge in [0.25, 0.3) is 0 Å². The highest BCUT2D eigenvalue weighted by Gasteiger charge is 2.29. The Kier molecular flexibility index (Phi) is 5.43. The molecular weight excluding hydrogens is 426 g/mol. The predicted molar refractivity (Wildman–Crippen MR) is 110 cm³/mol. The van der Waals surface area contributed by atoms with Crippen molar-refractivity contribution in [1.29, 1.82) is 0 Å². The maximum Gasteiger partial charge on any atom is 0.238 e. The molecule has 3 aromatic carbocycles. The van der Waals surface area contributed by atoms with Crippen molar-refractivity contribution < 1.29 is 26.4 Å². The molecule has 158 valence electrons. The van der Waals surface area contributed by atoms with E-state index in [1.807, 2.05) is 0 Å². The van der Waals surface area contributed by atoms with Gasteiger partial charge >= 0.3 is 0 Å². The lowest BCUT2D eigenvalue weighted by Gasteiger charge is -2.07. The average molecular weight is 442 g/mol. The van der Waals surface area contributed by atoms with Crippen LogP contribution in [0.2, 0.25) is 0 Å². The van der Waals surface area contributed by atoms with E-state index in [9.17, 15) is 17.2 Å². The van der Waals surface area contributed by atoms with Crippen LogP contribution in [0.5, 0.6) is 5.75 Å². The lowest BCUT2D eigenvalue weighted by Crippen LogP contribution is -2.05. The molecule has 0 atom stereocenters. The van der Waals surface area contributed by atoms with Crippen LogP contribution < -0.4 is 10.1 Å². The van der Waals surface area contributed by atoms with Crippen molar-refractivity contribution in [1.82, 2.24) is 4.98 Å². The molecule has 0 aliphatic rings. The summed E-state index contributed by atoms with van der Waals surface area (Å²) in [7, 11) is -2.62. The van der Waals surface area contributed by atoms with Gasteiger partial charge in [-0.3, -0.25) is 0 Å². The van der Waals surface area contributed by atoms with E-state index < -0.39 is 21.5 Å². The van der Waals surface area contributed by atoms with Crippen molar-refractivity contribution in [3.63, 3.8) is 0 Å². The van der Waals surface area contributed by atoms with Crippen LogP contribution in [0.3, 0.4) is 0 Å². The maximum absolute atomic E-state index is 13.3. The minimum absolute atomic E-state index is 0.0169. The Balaban J connectivity index is 1.81. The van der Waals surface area contributed by atoms with E-state index in [0.29, 0.717) is 17.0 Å². The number of hydrogen-bond donors (Lipinski definition) is 1. The monoisotopic (exact) mass is 442 g/mol. The standard InChI is InChI=1S/C22H16F2N2O4S/c1-29-18-10-8-17(9-11-18)25-21-22(31(27,28)19-12-6-16(24)7-13-19)26-20(30-21)14-2-4-15(23)5-3-14/h2-13,25H,1H3. The van der Waals surface area contributed by atoms with Crippen LogP contribution in [0.1, 0.15) is 0 Å². The fourth-order valence-electron chi connectivity index (χ4n) is 2.81. The van der Waals surface area contributed by atoms with Crippen LogP contribution in [0.15, 0.2) is 87.1 Å². The first-order valence-electron chi connectivity index (χ1n) is 9.05. The minimum atomic E-state index is -4.15. The number of hydrogen-bond acceptors (Lipinski definition) is 6. The molecule has 0 radical (unpaired) electrons. The molecule has 0 bridgehead atoms. The van der Waals surface area contributed by atoms with Crippen LogP contribution in [-0.4, -0.2) is 20.5 Å². The third kappa shape index (κ3) is 4.26. The highest BCUT2D eigenvalue weighted by molar-refractivity contribution is 7.91. The van der Waals surface area contributed by atoms with Crippen LogP contribution in [0.25, 0.3) is 11.5 Å². The molecule has 1 aromatic heterocycles. The zero-order valence-electron chi connectivity index (χ0n) is 16.2. The number of rotatable bonds is 6. The van der Waals surface area contributed by atoms with E-state index in [0.717, 1.165) is 24.3 Å². The Morgan fingerprint density at radius 1 is 0.871 bits per heavy atom. The Morgan fingerprint density at radius 3 is 2.03 bits per heavy atom. The van der Waals surface area contributed by atoms with Gasteiger partial charge in [0, 0.05) is 11.3 Å². The summed E-state index contributed by atoms with van der Waals surface area (Å²) in [6.07, 6.45) is 0. The number of methoxy groups -OCH3 is 1. The second kappa shape index (κ2) is 8.19. The lowest BCUT2D eigenvalue weighted by molar-refractivity contribution is 0.415. The van der Waals surface area contributed by atoms with Crippen LogP contribution >= 0.6 is 0 Å². The van der Waals surface area contributed by atoms with Gasteiger partial charge < -0.3 is 14.5 Å². The molecule has 0 amide bonds. The summed E-state index contributed by atoms with van der Waals surface area (Å²) in [5, 5.41) is 2.52. The molecule has 4 aromatic rings. The Hall–Kier alpha value is -3.72. The first kappa shape index (κ1) is 20.5. The molecular formula is C22H16F2N2O4S. The Labute approximate surface area is 177 Å². The highest BCUT2D eigenvalue weighted by Crippen LogP contribution is 2.34. The van der Waals surface area contributed by atoms with Crippen molar-refractivity contribution in [3.05, 3.63) is 84.4 Å². The van der Waals surface area contributed by atoms with Crippen molar-refractivity contribution >= 4 is 21.4 Å². The SMILES string of the molecule is COc1ccc(Nc2oc(-c3ccc(F)cc3)nc2S(=O)(=O)c2ccc(F)cc2)cc1. The zero-order valence-corrected chi connectivity index (χ0v) is 17.0. The summed E-state index contributed by atoms with van der Waals surface area (Å²) < 4.78 is 63.8. The summed E-state index contributed by atoms with van der Waals surface area (Å²) in [5.41, 5.74) is 0.915. The van der Waals surface area contributed by atoms with Crippen LogP contribution in [-0.2, 0) is 9.84 Å². The molecule has 0 aliphatic carbocycles. The van der Waals surface area contributed by atoms with Gasteiger partial charge in [-0.1, -0.05) is 0 Å². The number of benzene rings is 3. The van der Waals surface area contributed by atoms with Crippen LogP contribution in [0, 0.1) is 11.6 Å². The van der Waals surface area contributed by atoms with Gasteiger partial charge in [-0.05, 0) is 72.8 Å². The van der Waals surface area contributed by atoms with Gasteiger partial charge in [-0.2, -0.15) is 4.98 Å². The van der Waals surface area contributed by atoms with Gasteiger partial charge in [0.05, 0.1) is 12.0 Å². The number of nitrogens with one attached hydrogen (secondary N) is 1. The quantitative estimate of drug-likeness (QED) is 0.413. The fourth-order valence-corrected chi connectivity index (χ4v) is 4.07. The number of halogens is 2. The number of anilines is 2. The molecule has 31 heavy (non-hydrogen) atoms. The fraction of sp³-hybridized carbons (Fsp3) is 0.0455. The normalized spacial score (nSPS) is 11.3. The molecule has 0 spiro atoms. The number of ether oxygens (including phenoxy) is 1. The van der Waals surface area contributed by atoms with Crippen molar-refractivity contribution in [2.45, 2.75) is 9.92 Å². The molecule has 0 unspecified atom stereocenters. The van der Waals surface area contributed by atoms with E-state index in [1.54, 1.807) is 24.3 Å². The summed E-state index contributed by atoms with van der Waals surface area (Å²) in [5.74, 6) is -0.548. The summed E-state index contributed by atoms with van der Waals surface area (Å²) >= 11 is 0. The zero-order chi connectivity index (χ0) is 22.0. The maximum atomic E-state index is 13.3. The second-order valence-corrected chi connectivity index (χ2v) is 8.34. The summed E-state index contributed by atoms with van der Waals surface area (Å²) in [6.45, 7) is 0. The first-order chi connectivity index (χ1) is 14.9. The van der Waals surface area contributed by atoms with E-state index in [2.05, 4.69) is 10.3 Å². The van der Waals surface area contributed by atoms with Crippen LogP contribution in [0.4, 0.5) is 20.4 Å². The van der Waals surface area contributed by atoms with Gasteiger partial charge in [0.2, 0.25) is 26.6 Å². The number of sulfone groups is 1. The molecule has 0 aliphatic heterocycles. The largest absolute Gasteiger partial charge is 0.497 e. The van der Waals surface area contributed by atoms with Gasteiger partial charge in [-0.15, -0.1) is 0 Å². The average Bonchev–Trinajstić information content (AvgIpc) is 3.20. The molecule has 0 fully saturated rings. The van der Waals surface area contributed by atoms with E-state index in [1.165, 1.54) is 31.4 Å². The smallest absolute Gasteiger partial charge is 0.238 e. The molecule has 1 heterocycles. The van der Waals surface area contributed by atoms with Gasteiger partial charge in [-0.25, -0.2) is 17.2 Å². The predicted octanol–water partition coefficient (Wildman–Crippen LogP) is 5.20. The topological polar surface area (TPSA) is 81.4 Å². The van der Waals surface area contributed by atoms with Crippen molar-refractivity contribution in [2.24, 2.45) is 0 Å². The number of nitrogens with zero attached hydrogens (tertiary/aromatic N) is 1. The van der Waals surface area contributed by atoms with Gasteiger partial charge in [0.15, 0.2) is 0 Å². The molecule has 0 saturated carbocycles. The molecule has 6 nitrogen and oxygen atoms in total. The summed E-state index contributed by atoms with van der Waals surface area (Å²) in [6, 6.07) is 16.4. The number of oxazole rings is 1.